The van der Waals surface area contributed by atoms with Crippen molar-refractivity contribution in [3.05, 3.63) is 83.4 Å². The van der Waals surface area contributed by atoms with Crippen molar-refractivity contribution in [3.63, 3.8) is 0 Å². The molecule has 0 atom stereocenters. The van der Waals surface area contributed by atoms with Gasteiger partial charge in [0.1, 0.15) is 5.75 Å². The summed E-state index contributed by atoms with van der Waals surface area (Å²) in [5.41, 5.74) is 3.24. The first kappa shape index (κ1) is 21.4. The number of carbonyl (C=O) groups excluding carboxylic acids is 3. The molecular formula is C24H20ClN3O4. The molecule has 0 aromatic heterocycles. The quantitative estimate of drug-likeness (QED) is 0.532. The van der Waals surface area contributed by atoms with Crippen LogP contribution in [0.25, 0.3) is 11.1 Å². The molecule has 0 saturated carbocycles. The third kappa shape index (κ3) is 5.07. The molecule has 162 valence electrons. The van der Waals surface area contributed by atoms with Gasteiger partial charge in [-0.05, 0) is 41.0 Å². The second-order valence-electron chi connectivity index (χ2n) is 7.19. The van der Waals surface area contributed by atoms with Crippen LogP contribution in [0.2, 0.25) is 5.02 Å². The van der Waals surface area contributed by atoms with E-state index in [0.717, 1.165) is 16.0 Å². The Hall–Kier alpha value is -3.84. The van der Waals surface area contributed by atoms with Crippen LogP contribution in [-0.4, -0.2) is 35.9 Å². The van der Waals surface area contributed by atoms with Gasteiger partial charge in [0.25, 0.3) is 5.91 Å². The number of hydrogen-bond acceptors (Lipinski definition) is 4. The summed E-state index contributed by atoms with van der Waals surface area (Å²) in [7, 11) is 0. The predicted molar refractivity (Wildman–Crippen MR) is 121 cm³/mol. The molecule has 1 fully saturated rings. The Kier molecular flexibility index (Phi) is 6.37. The first-order valence-corrected chi connectivity index (χ1v) is 10.3. The van der Waals surface area contributed by atoms with Gasteiger partial charge in [-0.2, -0.15) is 0 Å². The van der Waals surface area contributed by atoms with E-state index >= 15 is 0 Å². The van der Waals surface area contributed by atoms with Gasteiger partial charge in [0, 0.05) is 5.69 Å². The first-order chi connectivity index (χ1) is 15.5. The predicted octanol–water partition coefficient (Wildman–Crippen LogP) is 4.08. The molecule has 1 heterocycles. The van der Waals surface area contributed by atoms with Crippen LogP contribution in [0.3, 0.4) is 0 Å². The van der Waals surface area contributed by atoms with Crippen molar-refractivity contribution >= 4 is 35.1 Å². The Morgan fingerprint density at radius 2 is 1.81 bits per heavy atom. The van der Waals surface area contributed by atoms with Crippen molar-refractivity contribution in [3.8, 4) is 16.9 Å². The highest BCUT2D eigenvalue weighted by Gasteiger charge is 2.28. The molecule has 3 aromatic rings. The fourth-order valence-electron chi connectivity index (χ4n) is 3.31. The van der Waals surface area contributed by atoms with Crippen LogP contribution in [0.15, 0.2) is 72.8 Å². The van der Waals surface area contributed by atoms with E-state index in [1.54, 1.807) is 36.4 Å². The highest BCUT2D eigenvalue weighted by Crippen LogP contribution is 2.30. The number of imide groups is 1. The molecule has 8 heteroatoms. The summed E-state index contributed by atoms with van der Waals surface area (Å²) in [5, 5.41) is 5.63. The Morgan fingerprint density at radius 3 is 2.53 bits per heavy atom. The zero-order valence-electron chi connectivity index (χ0n) is 17.0. The average Bonchev–Trinajstić information content (AvgIpc) is 3.11. The Morgan fingerprint density at radius 1 is 1.00 bits per heavy atom. The summed E-state index contributed by atoms with van der Waals surface area (Å²) in [5.74, 6) is -0.234. The smallest absolute Gasteiger partial charge is 0.324 e. The lowest BCUT2D eigenvalue weighted by Gasteiger charge is -2.14. The average molecular weight is 450 g/mol. The van der Waals surface area contributed by atoms with Crippen molar-refractivity contribution in [2.24, 2.45) is 0 Å². The second-order valence-corrected chi connectivity index (χ2v) is 7.59. The van der Waals surface area contributed by atoms with Gasteiger partial charge in [0.2, 0.25) is 5.91 Å². The number of ether oxygens (including phenoxy) is 1. The lowest BCUT2D eigenvalue weighted by atomic mass is 10.1. The second kappa shape index (κ2) is 9.53. The number of rotatable bonds is 7. The first-order valence-electron chi connectivity index (χ1n) is 9.94. The maximum absolute atomic E-state index is 12.3. The van der Waals surface area contributed by atoms with Crippen LogP contribution in [0.4, 0.5) is 10.5 Å². The molecule has 0 spiro atoms. The third-order valence-electron chi connectivity index (χ3n) is 4.89. The summed E-state index contributed by atoms with van der Waals surface area (Å²) in [4.78, 5) is 36.9. The SMILES string of the molecule is O=C(COc1ccc(-c2ccccc2)cc1Cl)Nc1cccc(CN2C(=O)CNC2=O)c1. The molecule has 4 amide bonds. The van der Waals surface area contributed by atoms with Gasteiger partial charge in [-0.25, -0.2) is 4.79 Å². The van der Waals surface area contributed by atoms with Crippen molar-refractivity contribution in [2.45, 2.75) is 6.54 Å². The van der Waals surface area contributed by atoms with Gasteiger partial charge in [-0.1, -0.05) is 60.1 Å². The van der Waals surface area contributed by atoms with E-state index in [0.29, 0.717) is 22.0 Å². The number of benzene rings is 3. The molecule has 0 aliphatic carbocycles. The number of carbonyl (C=O) groups is 3. The normalized spacial score (nSPS) is 13.1. The summed E-state index contributed by atoms with van der Waals surface area (Å²) in [6, 6.07) is 21.7. The molecular weight excluding hydrogens is 430 g/mol. The number of urea groups is 1. The third-order valence-corrected chi connectivity index (χ3v) is 5.18. The van der Waals surface area contributed by atoms with E-state index < -0.39 is 6.03 Å². The van der Waals surface area contributed by atoms with Gasteiger partial charge in [-0.3, -0.25) is 14.5 Å². The van der Waals surface area contributed by atoms with Gasteiger partial charge >= 0.3 is 6.03 Å². The molecule has 0 unspecified atom stereocenters. The zero-order valence-corrected chi connectivity index (χ0v) is 17.8. The molecule has 3 aromatic carbocycles. The number of anilines is 1. The van der Waals surface area contributed by atoms with Crippen LogP contribution < -0.4 is 15.4 Å². The number of amides is 4. The molecule has 0 radical (unpaired) electrons. The number of nitrogens with one attached hydrogen (secondary N) is 2. The van der Waals surface area contributed by atoms with E-state index in [1.165, 1.54) is 0 Å². The monoisotopic (exact) mass is 449 g/mol. The highest BCUT2D eigenvalue weighted by molar-refractivity contribution is 6.32. The van der Waals surface area contributed by atoms with Crippen LogP contribution in [0.1, 0.15) is 5.56 Å². The van der Waals surface area contributed by atoms with E-state index in [2.05, 4.69) is 10.6 Å². The molecule has 4 rings (SSSR count). The van der Waals surface area contributed by atoms with Gasteiger partial charge < -0.3 is 15.4 Å². The topological polar surface area (TPSA) is 87.7 Å². The number of halogens is 1. The standard InChI is InChI=1S/C24H20ClN3O4/c25-20-12-18(17-6-2-1-3-7-17)9-10-21(20)32-15-22(29)27-19-8-4-5-16(11-19)14-28-23(30)13-26-24(28)31/h1-12H,13-15H2,(H,26,31)(H,27,29). The van der Waals surface area contributed by atoms with Crippen molar-refractivity contribution in [1.82, 2.24) is 10.2 Å². The molecule has 0 bridgehead atoms. The molecule has 1 saturated heterocycles. The molecule has 7 nitrogen and oxygen atoms in total. The maximum atomic E-state index is 12.3. The van der Waals surface area contributed by atoms with Gasteiger partial charge in [0.15, 0.2) is 6.61 Å². The maximum Gasteiger partial charge on any atom is 0.324 e. The van der Waals surface area contributed by atoms with E-state index in [4.69, 9.17) is 16.3 Å². The van der Waals surface area contributed by atoms with Crippen LogP contribution in [0.5, 0.6) is 5.75 Å². The van der Waals surface area contributed by atoms with E-state index in [1.807, 2.05) is 36.4 Å². The molecule has 1 aliphatic heterocycles. The zero-order chi connectivity index (χ0) is 22.5. The van der Waals surface area contributed by atoms with Gasteiger partial charge in [-0.15, -0.1) is 0 Å². The number of hydrogen-bond donors (Lipinski definition) is 2. The summed E-state index contributed by atoms with van der Waals surface area (Å²) >= 11 is 6.33. The summed E-state index contributed by atoms with van der Waals surface area (Å²) < 4.78 is 5.58. The van der Waals surface area contributed by atoms with E-state index in [-0.39, 0.29) is 31.5 Å². The minimum Gasteiger partial charge on any atom is -0.482 e. The number of nitrogens with zero attached hydrogens (tertiary/aromatic N) is 1. The minimum atomic E-state index is -0.423. The van der Waals surface area contributed by atoms with Crippen LogP contribution >= 0.6 is 11.6 Å². The van der Waals surface area contributed by atoms with Crippen molar-refractivity contribution in [1.29, 1.82) is 0 Å². The minimum absolute atomic E-state index is 0.00147. The van der Waals surface area contributed by atoms with Crippen molar-refractivity contribution in [2.75, 3.05) is 18.5 Å². The fraction of sp³-hybridized carbons (Fsp3) is 0.125. The fourth-order valence-corrected chi connectivity index (χ4v) is 3.55. The largest absolute Gasteiger partial charge is 0.482 e. The van der Waals surface area contributed by atoms with Gasteiger partial charge in [0.05, 0.1) is 18.1 Å². The molecule has 32 heavy (non-hydrogen) atoms. The molecule has 1 aliphatic rings. The van der Waals surface area contributed by atoms with Crippen LogP contribution in [0, 0.1) is 0 Å². The Labute approximate surface area is 189 Å². The molecule has 2 N–H and O–H groups in total. The summed E-state index contributed by atoms with van der Waals surface area (Å²) in [6.07, 6.45) is 0. The lowest BCUT2D eigenvalue weighted by molar-refractivity contribution is -0.125. The Balaban J connectivity index is 1.34. The lowest BCUT2D eigenvalue weighted by Crippen LogP contribution is -2.30. The summed E-state index contributed by atoms with van der Waals surface area (Å²) in [6.45, 7) is -0.0859. The highest BCUT2D eigenvalue weighted by atomic mass is 35.5. The Bertz CT molecular complexity index is 1150. The van der Waals surface area contributed by atoms with E-state index in [9.17, 15) is 14.4 Å². The van der Waals surface area contributed by atoms with Crippen LogP contribution in [-0.2, 0) is 16.1 Å². The van der Waals surface area contributed by atoms with Crippen molar-refractivity contribution < 1.29 is 19.1 Å².